The lowest BCUT2D eigenvalue weighted by molar-refractivity contribution is 0.0673. The maximum Gasteiger partial charge on any atom is 0.257 e. The molecule has 17 heavy (non-hydrogen) atoms. The Kier molecular flexibility index (Phi) is 3.38. The highest BCUT2D eigenvalue weighted by molar-refractivity contribution is 5.94. The summed E-state index contributed by atoms with van der Waals surface area (Å²) in [6, 6.07) is 2.63. The summed E-state index contributed by atoms with van der Waals surface area (Å²) >= 11 is 0. The van der Waals surface area contributed by atoms with Crippen LogP contribution >= 0.6 is 0 Å². The van der Waals surface area contributed by atoms with Gasteiger partial charge in [-0.1, -0.05) is 0 Å². The van der Waals surface area contributed by atoms with Crippen LogP contribution in [0.15, 0.2) is 18.2 Å². The number of amides is 1. The molecule has 0 radical (unpaired) electrons. The van der Waals surface area contributed by atoms with E-state index in [9.17, 15) is 13.6 Å². The molecule has 0 spiro atoms. The van der Waals surface area contributed by atoms with Gasteiger partial charge in [0.2, 0.25) is 0 Å². The van der Waals surface area contributed by atoms with Crippen LogP contribution in [0.1, 0.15) is 23.2 Å². The SMILES string of the molecule is O=C(c1ccc(F)cc1F)N1CCC[C@H]1CO. The van der Waals surface area contributed by atoms with Crippen molar-refractivity contribution in [3.8, 4) is 0 Å². The Balaban J connectivity index is 2.24. The highest BCUT2D eigenvalue weighted by Crippen LogP contribution is 2.21. The minimum Gasteiger partial charge on any atom is -0.394 e. The first-order chi connectivity index (χ1) is 8.13. The van der Waals surface area contributed by atoms with Gasteiger partial charge in [-0.25, -0.2) is 8.78 Å². The number of rotatable bonds is 2. The third-order valence-electron chi connectivity index (χ3n) is 3.01. The molecule has 1 aliphatic rings. The Bertz CT molecular complexity index is 437. The molecule has 0 unspecified atom stereocenters. The molecule has 0 aromatic heterocycles. The quantitative estimate of drug-likeness (QED) is 0.853. The number of nitrogens with zero attached hydrogens (tertiary/aromatic N) is 1. The molecule has 1 N–H and O–H groups in total. The summed E-state index contributed by atoms with van der Waals surface area (Å²) in [6.07, 6.45) is 1.50. The van der Waals surface area contributed by atoms with Crippen LogP contribution in [0.25, 0.3) is 0 Å². The van der Waals surface area contributed by atoms with Crippen LogP contribution in [0.2, 0.25) is 0 Å². The lowest BCUT2D eigenvalue weighted by Crippen LogP contribution is -2.38. The molecule has 0 saturated carbocycles. The molecule has 1 fully saturated rings. The van der Waals surface area contributed by atoms with Gasteiger partial charge in [-0.15, -0.1) is 0 Å². The van der Waals surface area contributed by atoms with Gasteiger partial charge in [-0.3, -0.25) is 4.79 Å². The van der Waals surface area contributed by atoms with Crippen LogP contribution < -0.4 is 0 Å². The van der Waals surface area contributed by atoms with E-state index in [1.165, 1.54) is 4.90 Å². The summed E-state index contributed by atoms with van der Waals surface area (Å²) < 4.78 is 26.2. The molecule has 1 heterocycles. The van der Waals surface area contributed by atoms with Crippen LogP contribution in [-0.4, -0.2) is 35.1 Å². The van der Waals surface area contributed by atoms with Crippen molar-refractivity contribution in [1.82, 2.24) is 4.90 Å². The predicted octanol–water partition coefficient (Wildman–Crippen LogP) is 1.56. The molecule has 1 aromatic rings. The van der Waals surface area contributed by atoms with Crippen LogP contribution in [-0.2, 0) is 0 Å². The number of carbonyl (C=O) groups excluding carboxylic acids is 1. The first-order valence-corrected chi connectivity index (χ1v) is 5.50. The number of aliphatic hydroxyl groups excluding tert-OH is 1. The zero-order valence-corrected chi connectivity index (χ0v) is 9.20. The molecule has 1 saturated heterocycles. The summed E-state index contributed by atoms with van der Waals surface area (Å²) in [4.78, 5) is 13.4. The van der Waals surface area contributed by atoms with E-state index in [0.29, 0.717) is 19.0 Å². The smallest absolute Gasteiger partial charge is 0.257 e. The van der Waals surface area contributed by atoms with E-state index in [1.807, 2.05) is 0 Å². The van der Waals surface area contributed by atoms with Crippen molar-refractivity contribution >= 4 is 5.91 Å². The van der Waals surface area contributed by atoms with Crippen molar-refractivity contribution in [2.24, 2.45) is 0 Å². The number of carbonyl (C=O) groups is 1. The standard InChI is InChI=1S/C12H13F2NO2/c13-8-3-4-10(11(14)6-8)12(17)15-5-1-2-9(15)7-16/h3-4,6,9,16H,1-2,5,7H2/t9-/m0/s1. The molecule has 1 aromatic carbocycles. The summed E-state index contributed by atoms with van der Waals surface area (Å²) in [5.74, 6) is -2.06. The average molecular weight is 241 g/mol. The van der Waals surface area contributed by atoms with E-state index in [-0.39, 0.29) is 18.2 Å². The first-order valence-electron chi connectivity index (χ1n) is 5.50. The fourth-order valence-electron chi connectivity index (χ4n) is 2.11. The number of aliphatic hydroxyl groups is 1. The highest BCUT2D eigenvalue weighted by Gasteiger charge is 2.30. The largest absolute Gasteiger partial charge is 0.394 e. The fraction of sp³-hybridized carbons (Fsp3) is 0.417. The average Bonchev–Trinajstić information content (AvgIpc) is 2.76. The van der Waals surface area contributed by atoms with Gasteiger partial charge in [0.15, 0.2) is 0 Å². The molecular weight excluding hydrogens is 228 g/mol. The minimum atomic E-state index is -0.862. The molecule has 1 atom stereocenters. The highest BCUT2D eigenvalue weighted by atomic mass is 19.1. The zero-order valence-electron chi connectivity index (χ0n) is 9.20. The summed E-state index contributed by atoms with van der Waals surface area (Å²) in [6.45, 7) is 0.370. The molecule has 0 aliphatic carbocycles. The van der Waals surface area contributed by atoms with Crippen molar-refractivity contribution in [3.05, 3.63) is 35.4 Å². The maximum absolute atomic E-state index is 13.4. The molecule has 1 amide bonds. The van der Waals surface area contributed by atoms with E-state index >= 15 is 0 Å². The van der Waals surface area contributed by atoms with Gasteiger partial charge >= 0.3 is 0 Å². The van der Waals surface area contributed by atoms with E-state index < -0.39 is 17.5 Å². The van der Waals surface area contributed by atoms with Gasteiger partial charge in [0.1, 0.15) is 11.6 Å². The monoisotopic (exact) mass is 241 g/mol. The van der Waals surface area contributed by atoms with Gasteiger partial charge in [0.05, 0.1) is 18.2 Å². The number of benzene rings is 1. The van der Waals surface area contributed by atoms with Gasteiger partial charge in [0.25, 0.3) is 5.91 Å². The van der Waals surface area contributed by atoms with Crippen LogP contribution in [0.5, 0.6) is 0 Å². The van der Waals surface area contributed by atoms with Gasteiger partial charge in [0, 0.05) is 12.6 Å². The van der Waals surface area contributed by atoms with Crippen molar-refractivity contribution in [1.29, 1.82) is 0 Å². The number of halogens is 2. The van der Waals surface area contributed by atoms with E-state index in [1.54, 1.807) is 0 Å². The number of hydrogen-bond donors (Lipinski definition) is 1. The molecule has 92 valence electrons. The molecule has 2 rings (SSSR count). The Labute approximate surface area is 97.7 Å². The molecular formula is C12H13F2NO2. The van der Waals surface area contributed by atoms with Gasteiger partial charge in [-0.2, -0.15) is 0 Å². The molecule has 5 heteroatoms. The summed E-state index contributed by atoms with van der Waals surface area (Å²) in [5.41, 5.74) is -0.147. The van der Waals surface area contributed by atoms with Crippen molar-refractivity contribution in [3.63, 3.8) is 0 Å². The predicted molar refractivity (Wildman–Crippen MR) is 57.5 cm³/mol. The third-order valence-corrected chi connectivity index (χ3v) is 3.01. The zero-order chi connectivity index (χ0) is 12.4. The Morgan fingerprint density at radius 1 is 1.47 bits per heavy atom. The van der Waals surface area contributed by atoms with E-state index in [2.05, 4.69) is 0 Å². The second kappa shape index (κ2) is 4.79. The lowest BCUT2D eigenvalue weighted by Gasteiger charge is -2.23. The van der Waals surface area contributed by atoms with E-state index in [0.717, 1.165) is 18.6 Å². The maximum atomic E-state index is 13.4. The third kappa shape index (κ3) is 2.29. The van der Waals surface area contributed by atoms with Crippen LogP contribution in [0.3, 0.4) is 0 Å². The molecule has 3 nitrogen and oxygen atoms in total. The van der Waals surface area contributed by atoms with Gasteiger partial charge < -0.3 is 10.0 Å². The van der Waals surface area contributed by atoms with Crippen molar-refractivity contribution < 1.29 is 18.7 Å². The van der Waals surface area contributed by atoms with E-state index in [4.69, 9.17) is 5.11 Å². The second-order valence-corrected chi connectivity index (χ2v) is 4.10. The number of hydrogen-bond acceptors (Lipinski definition) is 2. The normalized spacial score (nSPS) is 19.7. The fourth-order valence-corrected chi connectivity index (χ4v) is 2.11. The minimum absolute atomic E-state index is 0.130. The lowest BCUT2D eigenvalue weighted by atomic mass is 10.1. The Morgan fingerprint density at radius 3 is 2.88 bits per heavy atom. The van der Waals surface area contributed by atoms with Crippen molar-refractivity contribution in [2.75, 3.05) is 13.2 Å². The Hall–Kier alpha value is -1.49. The summed E-state index contributed by atoms with van der Waals surface area (Å²) in [5, 5.41) is 9.10. The topological polar surface area (TPSA) is 40.5 Å². The summed E-state index contributed by atoms with van der Waals surface area (Å²) in [7, 11) is 0. The number of likely N-dealkylation sites (tertiary alicyclic amines) is 1. The Morgan fingerprint density at radius 2 is 2.24 bits per heavy atom. The molecule has 1 aliphatic heterocycles. The first kappa shape index (κ1) is 12.0. The molecule has 0 bridgehead atoms. The van der Waals surface area contributed by atoms with Crippen LogP contribution in [0, 0.1) is 11.6 Å². The van der Waals surface area contributed by atoms with Gasteiger partial charge in [-0.05, 0) is 25.0 Å². The van der Waals surface area contributed by atoms with Crippen LogP contribution in [0.4, 0.5) is 8.78 Å². The van der Waals surface area contributed by atoms with Crippen molar-refractivity contribution in [2.45, 2.75) is 18.9 Å². The second-order valence-electron chi connectivity index (χ2n) is 4.10.